The number of aromatic hydroxyl groups is 2. The van der Waals surface area contributed by atoms with E-state index < -0.39 is 5.91 Å². The summed E-state index contributed by atoms with van der Waals surface area (Å²) in [5, 5.41) is 21.8. The van der Waals surface area contributed by atoms with Gasteiger partial charge in [-0.15, -0.1) is 0 Å². The molecule has 0 saturated heterocycles. The van der Waals surface area contributed by atoms with Gasteiger partial charge in [0.2, 0.25) is 0 Å². The van der Waals surface area contributed by atoms with Crippen LogP contribution in [0.4, 0.5) is 0 Å². The molecule has 0 spiro atoms. The summed E-state index contributed by atoms with van der Waals surface area (Å²) in [5.74, 6) is -1.05. The van der Waals surface area contributed by atoms with Crippen LogP contribution in [0.3, 0.4) is 0 Å². The number of hydrogen-bond donors (Lipinski definition) is 3. The second kappa shape index (κ2) is 5.39. The zero-order chi connectivity index (χ0) is 13.8. The van der Waals surface area contributed by atoms with Gasteiger partial charge in [0.25, 0.3) is 5.91 Å². The van der Waals surface area contributed by atoms with Crippen molar-refractivity contribution in [1.82, 2.24) is 10.3 Å². The average Bonchev–Trinajstić information content (AvgIpc) is 2.37. The number of amides is 1. The Morgan fingerprint density at radius 3 is 2.53 bits per heavy atom. The van der Waals surface area contributed by atoms with Crippen molar-refractivity contribution in [2.75, 3.05) is 0 Å². The van der Waals surface area contributed by atoms with Crippen LogP contribution in [-0.4, -0.2) is 21.1 Å². The second-order valence-corrected chi connectivity index (χ2v) is 4.12. The molecule has 0 aliphatic carbocycles. The van der Waals surface area contributed by atoms with Gasteiger partial charge in [-0.3, -0.25) is 9.78 Å². The summed E-state index contributed by atoms with van der Waals surface area (Å²) in [7, 11) is 0. The first-order chi connectivity index (χ1) is 9.09. The first-order valence-corrected chi connectivity index (χ1v) is 5.79. The van der Waals surface area contributed by atoms with E-state index in [0.717, 1.165) is 11.3 Å². The van der Waals surface area contributed by atoms with Crippen LogP contribution in [0.2, 0.25) is 0 Å². The Bertz CT molecular complexity index is 591. The summed E-state index contributed by atoms with van der Waals surface area (Å²) in [6.45, 7) is 2.13. The number of phenols is 2. The van der Waals surface area contributed by atoms with E-state index in [-0.39, 0.29) is 23.6 Å². The maximum absolute atomic E-state index is 11.9. The third kappa shape index (κ3) is 2.82. The quantitative estimate of drug-likeness (QED) is 0.783. The molecule has 5 heteroatoms. The van der Waals surface area contributed by atoms with Gasteiger partial charge in [0.15, 0.2) is 0 Å². The van der Waals surface area contributed by atoms with Crippen LogP contribution in [0.15, 0.2) is 36.5 Å². The van der Waals surface area contributed by atoms with Gasteiger partial charge in [0.05, 0.1) is 12.2 Å². The number of rotatable bonds is 3. The molecule has 19 heavy (non-hydrogen) atoms. The minimum absolute atomic E-state index is 0.129. The summed E-state index contributed by atoms with van der Waals surface area (Å²) >= 11 is 0. The van der Waals surface area contributed by atoms with Gasteiger partial charge >= 0.3 is 0 Å². The lowest BCUT2D eigenvalue weighted by Gasteiger charge is -2.09. The van der Waals surface area contributed by atoms with E-state index in [9.17, 15) is 15.0 Å². The fourth-order valence-electron chi connectivity index (χ4n) is 1.72. The van der Waals surface area contributed by atoms with Crippen molar-refractivity contribution < 1.29 is 15.0 Å². The lowest BCUT2D eigenvalue weighted by atomic mass is 10.1. The van der Waals surface area contributed by atoms with Crippen LogP contribution in [0.5, 0.6) is 11.5 Å². The SMILES string of the molecule is Cc1cccnc1CNC(=O)c1c(O)cccc1O. The Labute approximate surface area is 110 Å². The van der Waals surface area contributed by atoms with Crippen molar-refractivity contribution in [2.24, 2.45) is 0 Å². The molecule has 0 aliphatic rings. The van der Waals surface area contributed by atoms with Gasteiger partial charge in [-0.2, -0.15) is 0 Å². The van der Waals surface area contributed by atoms with Crippen LogP contribution in [0.25, 0.3) is 0 Å². The van der Waals surface area contributed by atoms with Crippen LogP contribution in [0.1, 0.15) is 21.6 Å². The molecule has 0 unspecified atom stereocenters. The molecular weight excluding hydrogens is 244 g/mol. The Kier molecular flexibility index (Phi) is 3.66. The van der Waals surface area contributed by atoms with Gasteiger partial charge in [-0.1, -0.05) is 12.1 Å². The molecule has 98 valence electrons. The second-order valence-electron chi connectivity index (χ2n) is 4.12. The molecule has 0 radical (unpaired) electrons. The zero-order valence-corrected chi connectivity index (χ0v) is 10.4. The predicted molar refractivity (Wildman–Crippen MR) is 69.9 cm³/mol. The highest BCUT2D eigenvalue weighted by atomic mass is 16.3. The molecular formula is C14H14N2O3. The van der Waals surface area contributed by atoms with Crippen LogP contribution >= 0.6 is 0 Å². The van der Waals surface area contributed by atoms with Crippen molar-refractivity contribution in [3.05, 3.63) is 53.3 Å². The van der Waals surface area contributed by atoms with E-state index in [0.29, 0.717) is 0 Å². The average molecular weight is 258 g/mol. The summed E-state index contributed by atoms with van der Waals surface area (Å²) in [4.78, 5) is 16.1. The van der Waals surface area contributed by atoms with E-state index in [1.165, 1.54) is 18.2 Å². The smallest absolute Gasteiger partial charge is 0.259 e. The Balaban J connectivity index is 2.13. The number of pyridine rings is 1. The van der Waals surface area contributed by atoms with E-state index in [1.807, 2.05) is 19.1 Å². The van der Waals surface area contributed by atoms with Crippen LogP contribution in [-0.2, 0) is 6.54 Å². The Morgan fingerprint density at radius 2 is 1.89 bits per heavy atom. The standard InChI is InChI=1S/C14H14N2O3/c1-9-4-3-7-15-10(9)8-16-14(19)13-11(17)5-2-6-12(13)18/h2-7,17-18H,8H2,1H3,(H,16,19). The van der Waals surface area contributed by atoms with Gasteiger partial charge < -0.3 is 15.5 Å². The first-order valence-electron chi connectivity index (χ1n) is 5.79. The monoisotopic (exact) mass is 258 g/mol. The first kappa shape index (κ1) is 12.9. The Morgan fingerprint density at radius 1 is 1.21 bits per heavy atom. The maximum Gasteiger partial charge on any atom is 0.259 e. The van der Waals surface area contributed by atoms with Gasteiger partial charge in [-0.05, 0) is 30.7 Å². The third-order valence-corrected chi connectivity index (χ3v) is 2.78. The molecule has 2 aromatic rings. The fraction of sp³-hybridized carbons (Fsp3) is 0.143. The number of hydrogen-bond acceptors (Lipinski definition) is 4. The lowest BCUT2D eigenvalue weighted by molar-refractivity contribution is 0.0945. The molecule has 1 aromatic carbocycles. The molecule has 0 atom stereocenters. The molecule has 5 nitrogen and oxygen atoms in total. The van der Waals surface area contributed by atoms with Crippen molar-refractivity contribution in [2.45, 2.75) is 13.5 Å². The minimum Gasteiger partial charge on any atom is -0.507 e. The number of benzene rings is 1. The highest BCUT2D eigenvalue weighted by Crippen LogP contribution is 2.25. The molecule has 0 fully saturated rings. The van der Waals surface area contributed by atoms with E-state index in [4.69, 9.17) is 0 Å². The number of nitrogens with one attached hydrogen (secondary N) is 1. The number of aromatic nitrogens is 1. The maximum atomic E-state index is 11.9. The molecule has 1 amide bonds. The van der Waals surface area contributed by atoms with Crippen molar-refractivity contribution in [3.8, 4) is 11.5 Å². The molecule has 3 N–H and O–H groups in total. The van der Waals surface area contributed by atoms with Crippen molar-refractivity contribution in [1.29, 1.82) is 0 Å². The summed E-state index contributed by atoms with van der Waals surface area (Å²) in [6.07, 6.45) is 1.64. The van der Waals surface area contributed by atoms with Gasteiger partial charge in [0.1, 0.15) is 17.1 Å². The topological polar surface area (TPSA) is 82.5 Å². The van der Waals surface area contributed by atoms with E-state index >= 15 is 0 Å². The Hall–Kier alpha value is -2.56. The predicted octanol–water partition coefficient (Wildman–Crippen LogP) is 1.73. The molecule has 0 aliphatic heterocycles. The summed E-state index contributed by atoms with van der Waals surface area (Å²) in [6, 6.07) is 7.87. The molecule has 1 heterocycles. The van der Waals surface area contributed by atoms with Crippen molar-refractivity contribution in [3.63, 3.8) is 0 Å². The molecule has 2 rings (SSSR count). The summed E-state index contributed by atoms with van der Waals surface area (Å²) < 4.78 is 0. The van der Waals surface area contributed by atoms with Crippen LogP contribution < -0.4 is 5.32 Å². The largest absolute Gasteiger partial charge is 0.507 e. The highest BCUT2D eigenvalue weighted by Gasteiger charge is 2.15. The number of phenolic OH excluding ortho intramolecular Hbond substituents is 2. The molecule has 0 bridgehead atoms. The highest BCUT2D eigenvalue weighted by molar-refractivity contribution is 5.99. The number of carbonyl (C=O) groups is 1. The zero-order valence-electron chi connectivity index (χ0n) is 10.4. The fourth-order valence-corrected chi connectivity index (χ4v) is 1.72. The number of aryl methyl sites for hydroxylation is 1. The van der Waals surface area contributed by atoms with Gasteiger partial charge in [0, 0.05) is 6.20 Å². The van der Waals surface area contributed by atoms with E-state index in [2.05, 4.69) is 10.3 Å². The minimum atomic E-state index is -0.541. The molecule has 0 saturated carbocycles. The normalized spacial score (nSPS) is 10.2. The summed E-state index contributed by atoms with van der Waals surface area (Å²) in [5.41, 5.74) is 1.58. The number of carbonyl (C=O) groups excluding carboxylic acids is 1. The van der Waals surface area contributed by atoms with Gasteiger partial charge in [-0.25, -0.2) is 0 Å². The number of nitrogens with zero attached hydrogens (tertiary/aromatic N) is 1. The van der Waals surface area contributed by atoms with E-state index in [1.54, 1.807) is 6.20 Å². The van der Waals surface area contributed by atoms with Crippen LogP contribution in [0, 0.1) is 6.92 Å². The lowest BCUT2D eigenvalue weighted by Crippen LogP contribution is -2.24. The molecule has 1 aromatic heterocycles. The third-order valence-electron chi connectivity index (χ3n) is 2.78. The van der Waals surface area contributed by atoms with Crippen molar-refractivity contribution >= 4 is 5.91 Å².